The SMILES string of the molecule is Cn1cc(C(=O)NCC2CCN(C(=O)Cc3cn4ccsc4n3)CC2)cn1. The Morgan fingerprint density at radius 2 is 2.11 bits per heavy atom. The molecule has 0 aliphatic carbocycles. The van der Waals surface area contributed by atoms with Crippen molar-refractivity contribution in [3.05, 3.63) is 41.4 Å². The van der Waals surface area contributed by atoms with Crippen molar-refractivity contribution in [1.29, 1.82) is 0 Å². The highest BCUT2D eigenvalue weighted by Gasteiger charge is 2.24. The van der Waals surface area contributed by atoms with Gasteiger partial charge in [0.15, 0.2) is 4.96 Å². The Bertz CT molecular complexity index is 922. The first-order valence-electron chi connectivity index (χ1n) is 9.04. The van der Waals surface area contributed by atoms with Gasteiger partial charge in [0, 0.05) is 50.7 Å². The Hall–Kier alpha value is -2.68. The van der Waals surface area contributed by atoms with Crippen LogP contribution in [0.15, 0.2) is 30.2 Å². The molecule has 8 nitrogen and oxygen atoms in total. The quantitative estimate of drug-likeness (QED) is 0.717. The number of amides is 2. The van der Waals surface area contributed by atoms with E-state index in [4.69, 9.17) is 0 Å². The molecule has 1 aliphatic rings. The molecule has 1 fully saturated rings. The van der Waals surface area contributed by atoms with Crippen LogP contribution in [0.25, 0.3) is 4.96 Å². The first kappa shape index (κ1) is 17.7. The molecule has 27 heavy (non-hydrogen) atoms. The summed E-state index contributed by atoms with van der Waals surface area (Å²) in [4.78, 5) is 31.9. The second-order valence-electron chi connectivity index (χ2n) is 6.94. The number of rotatable bonds is 5. The molecule has 4 rings (SSSR count). The highest BCUT2D eigenvalue weighted by Crippen LogP contribution is 2.18. The molecule has 3 aromatic rings. The molecule has 2 amide bonds. The third-order valence-corrected chi connectivity index (χ3v) is 5.73. The van der Waals surface area contributed by atoms with E-state index in [0.717, 1.165) is 36.6 Å². The van der Waals surface area contributed by atoms with Crippen LogP contribution in [0, 0.1) is 5.92 Å². The van der Waals surface area contributed by atoms with Gasteiger partial charge < -0.3 is 10.2 Å². The third-order valence-electron chi connectivity index (χ3n) is 4.96. The van der Waals surface area contributed by atoms with E-state index in [0.29, 0.717) is 24.4 Å². The van der Waals surface area contributed by atoms with Crippen LogP contribution in [0.1, 0.15) is 28.9 Å². The van der Waals surface area contributed by atoms with E-state index >= 15 is 0 Å². The largest absolute Gasteiger partial charge is 0.352 e. The number of hydrogen-bond acceptors (Lipinski definition) is 5. The predicted molar refractivity (Wildman–Crippen MR) is 102 cm³/mol. The minimum absolute atomic E-state index is 0.0960. The van der Waals surface area contributed by atoms with Crippen LogP contribution in [0.2, 0.25) is 0 Å². The second-order valence-corrected chi connectivity index (χ2v) is 7.81. The lowest BCUT2D eigenvalue weighted by Gasteiger charge is -2.32. The lowest BCUT2D eigenvalue weighted by Crippen LogP contribution is -2.42. The standard InChI is InChI=1S/C18H22N6O2S/c1-22-11-14(10-20-22)17(26)19-9-13-2-4-23(5-3-13)16(25)8-15-12-24-6-7-27-18(24)21-15/h6-7,10-13H,2-5,8-9H2,1H3,(H,19,26). The molecule has 1 aliphatic heterocycles. The number of aromatic nitrogens is 4. The van der Waals surface area contributed by atoms with Gasteiger partial charge in [-0.25, -0.2) is 4.98 Å². The van der Waals surface area contributed by atoms with Crippen LogP contribution in [0.5, 0.6) is 0 Å². The lowest BCUT2D eigenvalue weighted by molar-refractivity contribution is -0.131. The Morgan fingerprint density at radius 3 is 2.81 bits per heavy atom. The number of imidazole rings is 1. The van der Waals surface area contributed by atoms with Gasteiger partial charge in [0.05, 0.1) is 23.9 Å². The number of thiazole rings is 1. The van der Waals surface area contributed by atoms with Crippen LogP contribution in [0.3, 0.4) is 0 Å². The monoisotopic (exact) mass is 386 g/mol. The molecule has 9 heteroatoms. The van der Waals surface area contributed by atoms with Gasteiger partial charge in [0.25, 0.3) is 5.91 Å². The number of likely N-dealkylation sites (tertiary alicyclic amines) is 1. The number of nitrogens with zero attached hydrogens (tertiary/aromatic N) is 5. The van der Waals surface area contributed by atoms with Crippen molar-refractivity contribution in [3.8, 4) is 0 Å². The summed E-state index contributed by atoms with van der Waals surface area (Å²) >= 11 is 1.57. The molecule has 0 atom stereocenters. The fourth-order valence-corrected chi connectivity index (χ4v) is 4.11. The van der Waals surface area contributed by atoms with Crippen molar-refractivity contribution in [2.45, 2.75) is 19.3 Å². The molecular weight excluding hydrogens is 364 g/mol. The summed E-state index contributed by atoms with van der Waals surface area (Å²) in [6, 6.07) is 0. The normalized spacial score (nSPS) is 15.4. The maximum atomic E-state index is 12.5. The van der Waals surface area contributed by atoms with Gasteiger partial charge in [-0.05, 0) is 18.8 Å². The van der Waals surface area contributed by atoms with Gasteiger partial charge in [-0.15, -0.1) is 11.3 Å². The summed E-state index contributed by atoms with van der Waals surface area (Å²) in [5, 5.41) is 8.96. The maximum Gasteiger partial charge on any atom is 0.254 e. The fourth-order valence-electron chi connectivity index (χ4n) is 3.39. The third kappa shape index (κ3) is 4.02. The number of nitrogens with one attached hydrogen (secondary N) is 1. The van der Waals surface area contributed by atoms with Crippen molar-refractivity contribution in [3.63, 3.8) is 0 Å². The van der Waals surface area contributed by atoms with E-state index in [2.05, 4.69) is 15.4 Å². The zero-order valence-electron chi connectivity index (χ0n) is 15.2. The topological polar surface area (TPSA) is 84.5 Å². The number of carbonyl (C=O) groups is 2. The Morgan fingerprint density at radius 1 is 1.30 bits per heavy atom. The molecular formula is C18H22N6O2S. The molecule has 1 saturated heterocycles. The van der Waals surface area contributed by atoms with Crippen molar-refractivity contribution in [1.82, 2.24) is 29.4 Å². The Balaban J connectivity index is 1.23. The summed E-state index contributed by atoms with van der Waals surface area (Å²) in [6.07, 6.45) is 9.29. The zero-order valence-corrected chi connectivity index (χ0v) is 16.0. The van der Waals surface area contributed by atoms with Crippen LogP contribution in [-0.4, -0.2) is 55.5 Å². The summed E-state index contributed by atoms with van der Waals surface area (Å²) in [5.74, 6) is 0.424. The minimum Gasteiger partial charge on any atom is -0.352 e. The smallest absolute Gasteiger partial charge is 0.254 e. The van der Waals surface area contributed by atoms with E-state index in [1.54, 1.807) is 35.5 Å². The van der Waals surface area contributed by atoms with Crippen LogP contribution in [0.4, 0.5) is 0 Å². The van der Waals surface area contributed by atoms with Gasteiger partial charge >= 0.3 is 0 Å². The fraction of sp³-hybridized carbons (Fsp3) is 0.444. The van der Waals surface area contributed by atoms with Crippen molar-refractivity contribution >= 4 is 28.1 Å². The molecule has 0 spiro atoms. The molecule has 1 N–H and O–H groups in total. The van der Waals surface area contributed by atoms with Crippen molar-refractivity contribution in [2.24, 2.45) is 13.0 Å². The molecule has 0 aromatic carbocycles. The molecule has 0 unspecified atom stereocenters. The summed E-state index contributed by atoms with van der Waals surface area (Å²) in [5.41, 5.74) is 1.39. The number of carbonyl (C=O) groups excluding carboxylic acids is 2. The van der Waals surface area contributed by atoms with Crippen LogP contribution >= 0.6 is 11.3 Å². The van der Waals surface area contributed by atoms with Gasteiger partial charge in [-0.2, -0.15) is 5.10 Å². The molecule has 0 radical (unpaired) electrons. The van der Waals surface area contributed by atoms with E-state index in [-0.39, 0.29) is 11.8 Å². The minimum atomic E-state index is -0.0960. The summed E-state index contributed by atoms with van der Waals surface area (Å²) < 4.78 is 3.56. The molecule has 0 bridgehead atoms. The van der Waals surface area contributed by atoms with Gasteiger partial charge in [-0.1, -0.05) is 0 Å². The molecule has 3 aromatic heterocycles. The molecule has 4 heterocycles. The lowest BCUT2D eigenvalue weighted by atomic mass is 9.96. The van der Waals surface area contributed by atoms with Gasteiger partial charge in [0.2, 0.25) is 5.91 Å². The zero-order chi connectivity index (χ0) is 18.8. The molecule has 142 valence electrons. The van der Waals surface area contributed by atoms with Gasteiger partial charge in [-0.3, -0.25) is 18.7 Å². The van der Waals surface area contributed by atoms with Crippen molar-refractivity contribution < 1.29 is 9.59 Å². The van der Waals surface area contributed by atoms with E-state index in [9.17, 15) is 9.59 Å². The van der Waals surface area contributed by atoms with E-state index in [1.807, 2.05) is 27.1 Å². The number of hydrogen-bond donors (Lipinski definition) is 1. The van der Waals surface area contributed by atoms with Crippen LogP contribution < -0.4 is 5.32 Å². The van der Waals surface area contributed by atoms with E-state index < -0.39 is 0 Å². The average molecular weight is 386 g/mol. The Kier molecular flexibility index (Phi) is 4.93. The predicted octanol–water partition coefficient (Wildman–Crippen LogP) is 1.34. The van der Waals surface area contributed by atoms with Gasteiger partial charge in [0.1, 0.15) is 0 Å². The number of fused-ring (bicyclic) bond motifs is 1. The molecule has 0 saturated carbocycles. The Labute approximate surface area is 160 Å². The van der Waals surface area contributed by atoms with Crippen molar-refractivity contribution in [2.75, 3.05) is 19.6 Å². The average Bonchev–Trinajstić information content (AvgIpc) is 3.36. The second kappa shape index (κ2) is 7.51. The summed E-state index contributed by atoms with van der Waals surface area (Å²) in [7, 11) is 1.79. The van der Waals surface area contributed by atoms with E-state index in [1.165, 1.54) is 0 Å². The number of aryl methyl sites for hydroxylation is 1. The maximum absolute atomic E-state index is 12.5. The highest BCUT2D eigenvalue weighted by atomic mass is 32.1. The number of piperidine rings is 1. The first-order chi connectivity index (χ1) is 13.1. The first-order valence-corrected chi connectivity index (χ1v) is 9.92. The summed E-state index contributed by atoms with van der Waals surface area (Å²) in [6.45, 7) is 2.09. The highest BCUT2D eigenvalue weighted by molar-refractivity contribution is 7.15. The van der Waals surface area contributed by atoms with Crippen LogP contribution in [-0.2, 0) is 18.3 Å².